The second kappa shape index (κ2) is 3.19. The summed E-state index contributed by atoms with van der Waals surface area (Å²) in [5, 5.41) is 0. The summed E-state index contributed by atoms with van der Waals surface area (Å²) < 4.78 is 5.28. The molecule has 8 atom stereocenters. The van der Waals surface area contributed by atoms with Crippen LogP contribution >= 0.6 is 0 Å². The first kappa shape index (κ1) is 12.3. The van der Waals surface area contributed by atoms with Gasteiger partial charge in [-0.3, -0.25) is 0 Å². The number of hydrogen-bond acceptors (Lipinski definition) is 2. The van der Waals surface area contributed by atoms with Crippen LogP contribution in [0.15, 0.2) is 39.9 Å². The van der Waals surface area contributed by atoms with Crippen LogP contribution in [0.25, 0.3) is 5.69 Å². The van der Waals surface area contributed by atoms with Crippen LogP contribution < -0.4 is 11.4 Å². The van der Waals surface area contributed by atoms with E-state index < -0.39 is 0 Å². The highest BCUT2D eigenvalue weighted by Crippen LogP contribution is 3.04. The smallest absolute Gasteiger partial charge is 0.245 e. The van der Waals surface area contributed by atoms with Gasteiger partial charge in [-0.25, -0.2) is 23.5 Å². The van der Waals surface area contributed by atoms with E-state index in [1.54, 1.807) is 0 Å². The molecular weight excluding hydrogens is 314 g/mol. The molecule has 3 heterocycles. The van der Waals surface area contributed by atoms with E-state index >= 15 is 0 Å². The molecule has 2 aromatic rings. The van der Waals surface area contributed by atoms with Gasteiger partial charge in [0.1, 0.15) is 0 Å². The van der Waals surface area contributed by atoms with Gasteiger partial charge in [0.25, 0.3) is 0 Å². The highest BCUT2D eigenvalue weighted by molar-refractivity contribution is 5.49. The average Bonchev–Trinajstić information content (AvgIpc) is 3.41. The second-order valence-electron chi connectivity index (χ2n) is 9.31. The van der Waals surface area contributed by atoms with Crippen LogP contribution in [0.5, 0.6) is 0 Å². The van der Waals surface area contributed by atoms with Crippen molar-refractivity contribution >= 4 is 0 Å². The quantitative estimate of drug-likeness (QED) is 0.801. The molecule has 0 radical (unpaired) electrons. The lowest BCUT2D eigenvalue weighted by Crippen LogP contribution is -2.53. The zero-order valence-electron chi connectivity index (χ0n) is 13.8. The largest absolute Gasteiger partial charge is 0.352 e. The summed E-state index contributed by atoms with van der Waals surface area (Å²) in [6, 6.07) is 10.1. The van der Waals surface area contributed by atoms with Crippen molar-refractivity contribution < 1.29 is 0 Å². The van der Waals surface area contributed by atoms with Gasteiger partial charge in [-0.15, -0.1) is 0 Å². The van der Waals surface area contributed by atoms with Crippen molar-refractivity contribution in [3.05, 3.63) is 51.3 Å². The number of para-hydroxylation sites is 1. The van der Waals surface area contributed by atoms with Crippen molar-refractivity contribution in [2.75, 3.05) is 0 Å². The van der Waals surface area contributed by atoms with E-state index in [4.69, 9.17) is 0 Å². The van der Waals surface area contributed by atoms with Crippen molar-refractivity contribution in [2.24, 2.45) is 34.5 Å². The molecule has 5 heteroatoms. The van der Waals surface area contributed by atoms with E-state index in [1.165, 1.54) is 30.3 Å². The third-order valence-corrected chi connectivity index (χ3v) is 9.23. The number of rotatable bonds is 1. The Hall–Kier alpha value is -2.04. The van der Waals surface area contributed by atoms with Crippen molar-refractivity contribution in [1.82, 2.24) is 13.9 Å². The van der Waals surface area contributed by atoms with Gasteiger partial charge in [-0.2, -0.15) is 0 Å². The summed E-state index contributed by atoms with van der Waals surface area (Å²) in [5.74, 6) is 3.03. The van der Waals surface area contributed by atoms with E-state index in [-0.39, 0.29) is 11.4 Å². The topological polar surface area (TPSA) is 48.9 Å². The Labute approximate surface area is 143 Å². The molecule has 2 unspecified atom stereocenters. The van der Waals surface area contributed by atoms with Crippen molar-refractivity contribution in [3.63, 3.8) is 0 Å². The summed E-state index contributed by atoms with van der Waals surface area (Å²) in [7, 11) is 0. The summed E-state index contributed by atoms with van der Waals surface area (Å²) in [6.45, 7) is 0. The van der Waals surface area contributed by atoms with Crippen LogP contribution in [-0.4, -0.2) is 13.9 Å². The predicted octanol–water partition coefficient (Wildman–Crippen LogP) is 1.96. The normalized spacial score (nSPS) is 51.2. The Morgan fingerprint density at radius 1 is 0.800 bits per heavy atom. The van der Waals surface area contributed by atoms with Gasteiger partial charge in [0, 0.05) is 10.8 Å². The van der Waals surface area contributed by atoms with Gasteiger partial charge >= 0.3 is 11.4 Å². The minimum absolute atomic E-state index is 0.101. The molecule has 9 rings (SSSR count). The molecule has 5 fully saturated rings. The maximum atomic E-state index is 13.3. The average molecular weight is 333 g/mol. The van der Waals surface area contributed by atoms with Gasteiger partial charge in [0.15, 0.2) is 0 Å². The first-order valence-corrected chi connectivity index (χ1v) is 9.77. The lowest BCUT2D eigenvalue weighted by Gasteiger charge is -2.50. The highest BCUT2D eigenvalue weighted by Gasteiger charge is 3.02. The molecular formula is C20H19N3O2. The van der Waals surface area contributed by atoms with Crippen LogP contribution in [-0.2, 0) is 0 Å². The summed E-state index contributed by atoms with van der Waals surface area (Å²) in [5.41, 5.74) is 1.25. The first-order chi connectivity index (χ1) is 12.2. The van der Waals surface area contributed by atoms with Crippen LogP contribution in [0.3, 0.4) is 0 Å². The Morgan fingerprint density at radius 2 is 1.36 bits per heavy atom. The SMILES string of the molecule is O=c1n(-c2ccccc2)c(=O)n2n1[C@H]1[C@@H]3C4C5[C@]16CCCC[C@]56[C@@H]2[C@@H]43. The van der Waals surface area contributed by atoms with E-state index in [0.717, 1.165) is 11.8 Å². The zero-order valence-corrected chi connectivity index (χ0v) is 13.8. The third kappa shape index (κ3) is 0.876. The van der Waals surface area contributed by atoms with E-state index in [1.807, 2.05) is 39.7 Å². The molecule has 5 aliphatic carbocycles. The molecule has 2 aliphatic heterocycles. The monoisotopic (exact) mass is 333 g/mol. The third-order valence-electron chi connectivity index (χ3n) is 9.23. The Morgan fingerprint density at radius 3 is 1.92 bits per heavy atom. The van der Waals surface area contributed by atoms with Gasteiger partial charge < -0.3 is 0 Å². The fourth-order valence-electron chi connectivity index (χ4n) is 9.09. The lowest BCUT2D eigenvalue weighted by molar-refractivity contribution is -0.0241. The first-order valence-electron chi connectivity index (χ1n) is 9.77. The van der Waals surface area contributed by atoms with Crippen molar-refractivity contribution in [1.29, 1.82) is 0 Å². The molecule has 2 bridgehead atoms. The maximum absolute atomic E-state index is 13.3. The van der Waals surface area contributed by atoms with E-state index in [9.17, 15) is 9.59 Å². The molecule has 0 saturated heterocycles. The molecule has 5 saturated carbocycles. The van der Waals surface area contributed by atoms with Gasteiger partial charge in [0.2, 0.25) is 0 Å². The van der Waals surface area contributed by atoms with Crippen LogP contribution in [0.1, 0.15) is 37.8 Å². The van der Waals surface area contributed by atoms with E-state index in [0.29, 0.717) is 40.4 Å². The second-order valence-corrected chi connectivity index (χ2v) is 9.31. The van der Waals surface area contributed by atoms with Crippen LogP contribution in [0, 0.1) is 34.5 Å². The minimum Gasteiger partial charge on any atom is -0.245 e. The molecule has 7 aliphatic rings. The molecule has 1 aromatic carbocycles. The molecule has 1 aromatic heterocycles. The molecule has 0 N–H and O–H groups in total. The van der Waals surface area contributed by atoms with Crippen LogP contribution in [0.2, 0.25) is 0 Å². The lowest BCUT2D eigenvalue weighted by atomic mass is 9.65. The Balaban J connectivity index is 1.47. The number of hydrogen-bond donors (Lipinski definition) is 0. The Kier molecular flexibility index (Phi) is 1.58. The minimum atomic E-state index is -0.101. The molecule has 126 valence electrons. The van der Waals surface area contributed by atoms with Gasteiger partial charge in [-0.1, -0.05) is 31.0 Å². The number of aromatic nitrogens is 3. The fourth-order valence-corrected chi connectivity index (χ4v) is 9.09. The molecule has 25 heavy (non-hydrogen) atoms. The van der Waals surface area contributed by atoms with Gasteiger partial charge in [0.05, 0.1) is 17.8 Å². The van der Waals surface area contributed by atoms with E-state index in [2.05, 4.69) is 0 Å². The summed E-state index contributed by atoms with van der Waals surface area (Å²) in [6.07, 6.45) is 5.19. The molecule has 2 spiro atoms. The summed E-state index contributed by atoms with van der Waals surface area (Å²) >= 11 is 0. The van der Waals surface area contributed by atoms with Crippen LogP contribution in [0.4, 0.5) is 0 Å². The molecule has 5 nitrogen and oxygen atoms in total. The standard InChI is InChI=1S/C20H19N3O2/c24-17-21(10-6-2-1-3-7-10)18(25)23-16-13-11-12(13)15(22(17)23)19-8-4-5-9-20(16,19)14(11)19/h1-3,6-7,11-16H,4-5,8-9H2/t11?,12-,13+,14?,15-,16-,19+,20+/m0/s1. The predicted molar refractivity (Wildman–Crippen MR) is 89.7 cm³/mol. The number of benzene rings is 1. The maximum Gasteiger partial charge on any atom is 0.352 e. The Bertz CT molecular complexity index is 1040. The summed E-state index contributed by atoms with van der Waals surface area (Å²) in [4.78, 5) is 26.7. The zero-order chi connectivity index (χ0) is 16.3. The highest BCUT2D eigenvalue weighted by atomic mass is 16.2. The fraction of sp³-hybridized carbons (Fsp3) is 0.600. The van der Waals surface area contributed by atoms with Crippen molar-refractivity contribution in [3.8, 4) is 5.69 Å². The number of nitrogens with zero attached hydrogens (tertiary/aromatic N) is 3. The van der Waals surface area contributed by atoms with Crippen molar-refractivity contribution in [2.45, 2.75) is 37.8 Å². The van der Waals surface area contributed by atoms with Gasteiger partial charge in [-0.05, 0) is 48.6 Å². The molecule has 0 amide bonds.